The highest BCUT2D eigenvalue weighted by atomic mass is 32.2. The van der Waals surface area contributed by atoms with Crippen LogP contribution in [0.15, 0.2) is 82.8 Å². The van der Waals surface area contributed by atoms with E-state index in [4.69, 9.17) is 0 Å². The number of rotatable bonds is 10. The average Bonchev–Trinajstić information content (AvgIpc) is 3.35. The quantitative estimate of drug-likeness (QED) is 0.274. The third-order valence-electron chi connectivity index (χ3n) is 6.02. The van der Waals surface area contributed by atoms with E-state index >= 15 is 0 Å². The van der Waals surface area contributed by atoms with Crippen LogP contribution in [0, 0.1) is 13.8 Å². The lowest BCUT2D eigenvalue weighted by Gasteiger charge is -2.12. The van der Waals surface area contributed by atoms with E-state index in [0.29, 0.717) is 16.5 Å². The number of aromatic nitrogens is 3. The van der Waals surface area contributed by atoms with Crippen LogP contribution in [0.1, 0.15) is 27.3 Å². The molecule has 2 amide bonds. The molecule has 0 aliphatic rings. The van der Waals surface area contributed by atoms with E-state index in [9.17, 15) is 18.0 Å². The minimum atomic E-state index is -3.59. The van der Waals surface area contributed by atoms with E-state index in [0.717, 1.165) is 26.8 Å². The molecule has 0 fully saturated rings. The Kier molecular flexibility index (Phi) is 9.03. The number of carbonyl (C=O) groups is 2. The van der Waals surface area contributed by atoms with Gasteiger partial charge in [-0.25, -0.2) is 12.7 Å². The first-order valence-corrected chi connectivity index (χ1v) is 14.8. The SMILES string of the molecule is Cc1ccc(C)c(NC(=O)CSc2nnc(CNC(=O)c3ccc(S(=O)(=O)N(C)C)cc3)n2-c2ccccc2)c1. The number of nitrogens with one attached hydrogen (secondary N) is 2. The minimum absolute atomic E-state index is 0.0632. The fraction of sp³-hybridized carbons (Fsp3) is 0.214. The number of nitrogens with zero attached hydrogens (tertiary/aromatic N) is 4. The molecule has 1 heterocycles. The van der Waals surface area contributed by atoms with Crippen LogP contribution < -0.4 is 10.6 Å². The zero-order chi connectivity index (χ0) is 28.9. The smallest absolute Gasteiger partial charge is 0.251 e. The third-order valence-corrected chi connectivity index (χ3v) is 8.77. The summed E-state index contributed by atoms with van der Waals surface area (Å²) in [6, 6.07) is 21.0. The number of thioether (sulfide) groups is 1. The molecule has 3 aromatic carbocycles. The highest BCUT2D eigenvalue weighted by Gasteiger charge is 2.19. The summed E-state index contributed by atoms with van der Waals surface area (Å²) in [4.78, 5) is 25.6. The van der Waals surface area contributed by atoms with E-state index in [1.54, 1.807) is 4.57 Å². The average molecular weight is 579 g/mol. The van der Waals surface area contributed by atoms with Gasteiger partial charge in [0.05, 0.1) is 17.2 Å². The predicted octanol–water partition coefficient (Wildman–Crippen LogP) is 3.80. The fourth-order valence-corrected chi connectivity index (χ4v) is 5.45. The van der Waals surface area contributed by atoms with Gasteiger partial charge >= 0.3 is 0 Å². The maximum absolute atomic E-state index is 12.8. The summed E-state index contributed by atoms with van der Waals surface area (Å²) in [5, 5.41) is 14.8. The molecule has 1 aromatic heterocycles. The summed E-state index contributed by atoms with van der Waals surface area (Å²) in [7, 11) is -0.698. The molecule has 0 radical (unpaired) electrons. The maximum Gasteiger partial charge on any atom is 0.251 e. The van der Waals surface area contributed by atoms with Crippen LogP contribution in [-0.2, 0) is 21.4 Å². The fourth-order valence-electron chi connectivity index (χ4n) is 3.78. The van der Waals surface area contributed by atoms with Gasteiger partial charge < -0.3 is 10.6 Å². The Morgan fingerprint density at radius 1 is 0.950 bits per heavy atom. The summed E-state index contributed by atoms with van der Waals surface area (Å²) in [5.74, 6) is 0.0330. The van der Waals surface area contributed by atoms with Crippen LogP contribution in [-0.4, -0.2) is 59.2 Å². The Bertz CT molecular complexity index is 1620. The second-order valence-corrected chi connectivity index (χ2v) is 12.3. The van der Waals surface area contributed by atoms with Gasteiger partial charge in [0.15, 0.2) is 11.0 Å². The lowest BCUT2D eigenvalue weighted by molar-refractivity contribution is -0.113. The van der Waals surface area contributed by atoms with E-state index in [-0.39, 0.29) is 23.1 Å². The topological polar surface area (TPSA) is 126 Å². The van der Waals surface area contributed by atoms with Crippen molar-refractivity contribution >= 4 is 39.3 Å². The molecule has 4 rings (SSSR count). The van der Waals surface area contributed by atoms with Crippen molar-refractivity contribution in [2.75, 3.05) is 25.2 Å². The van der Waals surface area contributed by atoms with Crippen molar-refractivity contribution in [2.45, 2.75) is 30.4 Å². The molecule has 0 saturated heterocycles. The summed E-state index contributed by atoms with van der Waals surface area (Å²) >= 11 is 1.24. The van der Waals surface area contributed by atoms with Crippen LogP contribution in [0.5, 0.6) is 0 Å². The van der Waals surface area contributed by atoms with E-state index < -0.39 is 15.9 Å². The number of benzene rings is 3. The van der Waals surface area contributed by atoms with Crippen LogP contribution in [0.4, 0.5) is 5.69 Å². The van der Waals surface area contributed by atoms with E-state index in [1.165, 1.54) is 50.1 Å². The Morgan fingerprint density at radius 2 is 1.65 bits per heavy atom. The summed E-state index contributed by atoms with van der Waals surface area (Å²) in [6.45, 7) is 3.97. The van der Waals surface area contributed by atoms with Crippen molar-refractivity contribution in [3.63, 3.8) is 0 Å². The molecule has 0 aliphatic heterocycles. The molecule has 12 heteroatoms. The molecule has 208 valence electrons. The van der Waals surface area contributed by atoms with Crippen LogP contribution >= 0.6 is 11.8 Å². The van der Waals surface area contributed by atoms with Crippen LogP contribution in [0.3, 0.4) is 0 Å². The van der Waals surface area contributed by atoms with E-state index in [1.807, 2.05) is 62.4 Å². The summed E-state index contributed by atoms with van der Waals surface area (Å²) in [6.07, 6.45) is 0. The molecule has 0 atom stereocenters. The van der Waals surface area contributed by atoms with Crippen molar-refractivity contribution in [1.82, 2.24) is 24.4 Å². The number of aryl methyl sites for hydroxylation is 2. The van der Waals surface area contributed by atoms with Gasteiger partial charge in [0.2, 0.25) is 15.9 Å². The minimum Gasteiger partial charge on any atom is -0.345 e. The molecular formula is C28H30N6O4S2. The number of amides is 2. The lowest BCUT2D eigenvalue weighted by atomic mass is 10.1. The maximum atomic E-state index is 12.8. The third kappa shape index (κ3) is 6.76. The number of sulfonamides is 1. The molecule has 4 aromatic rings. The van der Waals surface area contributed by atoms with Crippen LogP contribution in [0.25, 0.3) is 5.69 Å². The molecule has 10 nitrogen and oxygen atoms in total. The molecule has 40 heavy (non-hydrogen) atoms. The van der Waals surface area contributed by atoms with Gasteiger partial charge in [-0.05, 0) is 67.4 Å². The monoisotopic (exact) mass is 578 g/mol. The largest absolute Gasteiger partial charge is 0.345 e. The Labute approximate surface area is 237 Å². The first kappa shape index (κ1) is 29.0. The van der Waals surface area contributed by atoms with Gasteiger partial charge in [-0.2, -0.15) is 0 Å². The standard InChI is InChI=1S/C28H30N6O4S2/c1-19-10-11-20(2)24(16-19)30-26(35)18-39-28-32-31-25(34(28)22-8-6-5-7-9-22)17-29-27(36)21-12-14-23(15-13-21)40(37,38)33(3)4/h5-16H,17-18H2,1-4H3,(H,29,36)(H,30,35). The highest BCUT2D eigenvalue weighted by Crippen LogP contribution is 2.23. The molecular weight excluding hydrogens is 548 g/mol. The van der Waals surface area contributed by atoms with Crippen molar-refractivity contribution in [3.8, 4) is 5.69 Å². The normalized spacial score (nSPS) is 11.4. The predicted molar refractivity (Wildman–Crippen MR) is 155 cm³/mol. The zero-order valence-electron chi connectivity index (χ0n) is 22.6. The van der Waals surface area contributed by atoms with Gasteiger partial charge in [0, 0.05) is 31.0 Å². The molecule has 0 spiro atoms. The van der Waals surface area contributed by atoms with Crippen molar-refractivity contribution in [2.24, 2.45) is 0 Å². The number of anilines is 1. The first-order valence-electron chi connectivity index (χ1n) is 12.4. The van der Waals surface area contributed by atoms with Gasteiger partial charge in [-0.15, -0.1) is 10.2 Å². The second-order valence-electron chi connectivity index (χ2n) is 9.22. The van der Waals surface area contributed by atoms with Gasteiger partial charge in [-0.3, -0.25) is 14.2 Å². The Morgan fingerprint density at radius 3 is 2.33 bits per heavy atom. The van der Waals surface area contributed by atoms with Gasteiger partial charge in [0.1, 0.15) is 0 Å². The lowest BCUT2D eigenvalue weighted by Crippen LogP contribution is -2.25. The van der Waals surface area contributed by atoms with Crippen LogP contribution in [0.2, 0.25) is 0 Å². The molecule has 0 bridgehead atoms. The van der Waals surface area contributed by atoms with Crippen molar-refractivity contribution in [3.05, 3.63) is 95.3 Å². The number of hydrogen-bond acceptors (Lipinski definition) is 7. The van der Waals surface area contributed by atoms with Gasteiger partial charge in [0.25, 0.3) is 5.91 Å². The molecule has 0 saturated carbocycles. The number of carbonyl (C=O) groups excluding carboxylic acids is 2. The zero-order valence-corrected chi connectivity index (χ0v) is 24.2. The number of para-hydroxylation sites is 1. The molecule has 2 N–H and O–H groups in total. The summed E-state index contributed by atoms with van der Waals surface area (Å²) in [5.41, 5.74) is 3.89. The van der Waals surface area contributed by atoms with E-state index in [2.05, 4.69) is 20.8 Å². The molecule has 0 aliphatic carbocycles. The number of hydrogen-bond donors (Lipinski definition) is 2. The second kappa shape index (κ2) is 12.5. The Hall–Kier alpha value is -4.00. The summed E-state index contributed by atoms with van der Waals surface area (Å²) < 4.78 is 27.5. The van der Waals surface area contributed by atoms with Crippen molar-refractivity contribution in [1.29, 1.82) is 0 Å². The molecule has 0 unspecified atom stereocenters. The van der Waals surface area contributed by atoms with Gasteiger partial charge in [-0.1, -0.05) is 42.1 Å². The highest BCUT2D eigenvalue weighted by molar-refractivity contribution is 7.99. The Balaban J connectivity index is 1.47. The first-order chi connectivity index (χ1) is 19.1. The van der Waals surface area contributed by atoms with Crippen molar-refractivity contribution < 1.29 is 18.0 Å².